The molecule has 0 radical (unpaired) electrons. The van der Waals surface area contributed by atoms with Gasteiger partial charge in [-0.15, -0.1) is 0 Å². The lowest BCUT2D eigenvalue weighted by molar-refractivity contribution is 0.0951. The van der Waals surface area contributed by atoms with Crippen LogP contribution in [0.1, 0.15) is 10.4 Å². The van der Waals surface area contributed by atoms with Crippen molar-refractivity contribution in [3.63, 3.8) is 0 Å². The first-order chi connectivity index (χ1) is 8.31. The van der Waals surface area contributed by atoms with Gasteiger partial charge in [0.2, 0.25) is 0 Å². The van der Waals surface area contributed by atoms with Crippen molar-refractivity contribution in [3.05, 3.63) is 60.2 Å². The monoisotopic (exact) mass is 228 g/mol. The van der Waals surface area contributed by atoms with Gasteiger partial charge in [0.15, 0.2) is 0 Å². The van der Waals surface area contributed by atoms with E-state index in [2.05, 4.69) is 5.43 Å². The van der Waals surface area contributed by atoms with Crippen LogP contribution in [0.25, 0.3) is 0 Å². The fourth-order valence-electron chi connectivity index (χ4n) is 1.44. The highest BCUT2D eigenvalue weighted by Gasteiger charge is 2.10. The average molecular weight is 228 g/mol. The van der Waals surface area contributed by atoms with Crippen LogP contribution in [-0.2, 0) is 0 Å². The van der Waals surface area contributed by atoms with Gasteiger partial charge in [-0.3, -0.25) is 10.2 Å². The summed E-state index contributed by atoms with van der Waals surface area (Å²) in [5.74, 6) is 5.88. The summed E-state index contributed by atoms with van der Waals surface area (Å²) in [7, 11) is 0. The summed E-state index contributed by atoms with van der Waals surface area (Å²) in [6.07, 6.45) is 0. The van der Waals surface area contributed by atoms with Crippen LogP contribution >= 0.6 is 0 Å². The molecule has 86 valence electrons. The zero-order chi connectivity index (χ0) is 12.1. The van der Waals surface area contributed by atoms with Crippen LogP contribution in [0.3, 0.4) is 0 Å². The quantitative estimate of drug-likeness (QED) is 0.480. The van der Waals surface area contributed by atoms with E-state index >= 15 is 0 Å². The number of hydrogen-bond acceptors (Lipinski definition) is 3. The molecule has 0 saturated carbocycles. The fourth-order valence-corrected chi connectivity index (χ4v) is 1.44. The molecule has 0 atom stereocenters. The van der Waals surface area contributed by atoms with Crippen LogP contribution in [-0.4, -0.2) is 5.91 Å². The Kier molecular flexibility index (Phi) is 3.37. The number of nitrogens with two attached hydrogens (primary N) is 1. The Balaban J connectivity index is 2.30. The summed E-state index contributed by atoms with van der Waals surface area (Å²) >= 11 is 0. The van der Waals surface area contributed by atoms with Crippen molar-refractivity contribution in [2.24, 2.45) is 5.84 Å². The Bertz CT molecular complexity index is 512. The Morgan fingerprint density at radius 1 is 1.00 bits per heavy atom. The number of hydrogen-bond donors (Lipinski definition) is 2. The molecule has 0 unspecified atom stereocenters. The third-order valence-electron chi connectivity index (χ3n) is 2.23. The van der Waals surface area contributed by atoms with Crippen molar-refractivity contribution in [3.8, 4) is 11.5 Å². The van der Waals surface area contributed by atoms with E-state index in [1.807, 2.05) is 30.3 Å². The number of carbonyl (C=O) groups is 1. The van der Waals surface area contributed by atoms with E-state index in [-0.39, 0.29) is 5.91 Å². The van der Waals surface area contributed by atoms with Crippen molar-refractivity contribution < 1.29 is 9.53 Å². The van der Waals surface area contributed by atoms with Gasteiger partial charge in [0.05, 0.1) is 5.56 Å². The number of ether oxygens (including phenoxy) is 1. The summed E-state index contributed by atoms with van der Waals surface area (Å²) in [6.45, 7) is 0. The molecule has 0 aliphatic heterocycles. The molecule has 4 nitrogen and oxygen atoms in total. The predicted octanol–water partition coefficient (Wildman–Crippen LogP) is 2.08. The number of nitrogens with one attached hydrogen (secondary N) is 1. The van der Waals surface area contributed by atoms with E-state index in [1.54, 1.807) is 24.3 Å². The molecule has 0 spiro atoms. The second kappa shape index (κ2) is 5.14. The second-order valence-electron chi connectivity index (χ2n) is 3.38. The molecule has 0 saturated heterocycles. The lowest BCUT2D eigenvalue weighted by Crippen LogP contribution is -2.30. The molecular formula is C13H12N2O2. The maximum Gasteiger partial charge on any atom is 0.268 e. The van der Waals surface area contributed by atoms with Crippen LogP contribution in [0.15, 0.2) is 54.6 Å². The molecule has 1 amide bonds. The largest absolute Gasteiger partial charge is 0.457 e. The Hall–Kier alpha value is -2.33. The van der Waals surface area contributed by atoms with Crippen molar-refractivity contribution in [1.82, 2.24) is 5.43 Å². The van der Waals surface area contributed by atoms with Gasteiger partial charge < -0.3 is 4.74 Å². The minimum atomic E-state index is -0.378. The third kappa shape index (κ3) is 2.62. The van der Waals surface area contributed by atoms with E-state index in [4.69, 9.17) is 10.6 Å². The van der Waals surface area contributed by atoms with E-state index in [9.17, 15) is 4.79 Å². The standard InChI is InChI=1S/C13H12N2O2/c14-15-13(16)11-8-4-5-9-12(11)17-10-6-2-1-3-7-10/h1-9H,14H2,(H,15,16). The van der Waals surface area contributed by atoms with Crippen LogP contribution in [0.4, 0.5) is 0 Å². The Morgan fingerprint density at radius 2 is 1.65 bits per heavy atom. The van der Waals surface area contributed by atoms with E-state index in [0.717, 1.165) is 0 Å². The minimum Gasteiger partial charge on any atom is -0.457 e. The maximum atomic E-state index is 11.5. The summed E-state index contributed by atoms with van der Waals surface area (Å²) in [5, 5.41) is 0. The van der Waals surface area contributed by atoms with Gasteiger partial charge in [0, 0.05) is 0 Å². The van der Waals surface area contributed by atoms with Crippen LogP contribution < -0.4 is 16.0 Å². The van der Waals surface area contributed by atoms with Gasteiger partial charge in [-0.1, -0.05) is 30.3 Å². The topological polar surface area (TPSA) is 64.3 Å². The van der Waals surface area contributed by atoms with Crippen LogP contribution in [0.5, 0.6) is 11.5 Å². The maximum absolute atomic E-state index is 11.5. The Morgan fingerprint density at radius 3 is 2.35 bits per heavy atom. The molecule has 0 aliphatic rings. The number of rotatable bonds is 3. The molecule has 3 N–H and O–H groups in total. The molecule has 2 aromatic rings. The summed E-state index contributed by atoms with van der Waals surface area (Å²) in [6, 6.07) is 16.2. The van der Waals surface area contributed by atoms with Crippen molar-refractivity contribution in [1.29, 1.82) is 0 Å². The molecule has 2 rings (SSSR count). The first-order valence-electron chi connectivity index (χ1n) is 5.14. The molecule has 4 heteroatoms. The van der Waals surface area contributed by atoms with E-state index in [1.165, 1.54) is 0 Å². The molecule has 0 fully saturated rings. The van der Waals surface area contributed by atoms with E-state index < -0.39 is 0 Å². The van der Waals surface area contributed by atoms with Gasteiger partial charge in [0.25, 0.3) is 5.91 Å². The number of nitrogen functional groups attached to an aromatic ring is 1. The summed E-state index contributed by atoms with van der Waals surface area (Å²) < 4.78 is 5.62. The highest BCUT2D eigenvalue weighted by atomic mass is 16.5. The molecule has 2 aromatic carbocycles. The SMILES string of the molecule is NNC(=O)c1ccccc1Oc1ccccc1. The molecule has 0 heterocycles. The summed E-state index contributed by atoms with van der Waals surface area (Å²) in [4.78, 5) is 11.5. The smallest absolute Gasteiger partial charge is 0.268 e. The number of amides is 1. The minimum absolute atomic E-state index is 0.378. The van der Waals surface area contributed by atoms with Crippen molar-refractivity contribution in [2.45, 2.75) is 0 Å². The number of benzene rings is 2. The average Bonchev–Trinajstić information content (AvgIpc) is 2.40. The van der Waals surface area contributed by atoms with Crippen LogP contribution in [0.2, 0.25) is 0 Å². The predicted molar refractivity (Wildman–Crippen MR) is 64.6 cm³/mol. The zero-order valence-corrected chi connectivity index (χ0v) is 9.09. The highest BCUT2D eigenvalue weighted by molar-refractivity contribution is 5.96. The molecule has 0 aromatic heterocycles. The van der Waals surface area contributed by atoms with Gasteiger partial charge >= 0.3 is 0 Å². The van der Waals surface area contributed by atoms with Gasteiger partial charge in [-0.25, -0.2) is 5.84 Å². The fraction of sp³-hybridized carbons (Fsp3) is 0. The summed E-state index contributed by atoms with van der Waals surface area (Å²) in [5.41, 5.74) is 2.49. The first-order valence-corrected chi connectivity index (χ1v) is 5.14. The van der Waals surface area contributed by atoms with Gasteiger partial charge in [-0.05, 0) is 24.3 Å². The number of para-hydroxylation sites is 2. The number of carbonyl (C=O) groups excluding carboxylic acids is 1. The lowest BCUT2D eigenvalue weighted by atomic mass is 10.2. The highest BCUT2D eigenvalue weighted by Crippen LogP contribution is 2.24. The second-order valence-corrected chi connectivity index (χ2v) is 3.38. The van der Waals surface area contributed by atoms with Gasteiger partial charge in [0.1, 0.15) is 11.5 Å². The molecule has 0 aliphatic carbocycles. The van der Waals surface area contributed by atoms with Crippen LogP contribution in [0, 0.1) is 0 Å². The third-order valence-corrected chi connectivity index (χ3v) is 2.23. The lowest BCUT2D eigenvalue weighted by Gasteiger charge is -2.09. The first kappa shape index (κ1) is 11.2. The molecular weight excluding hydrogens is 216 g/mol. The van der Waals surface area contributed by atoms with Crippen molar-refractivity contribution in [2.75, 3.05) is 0 Å². The Labute approximate surface area is 99.0 Å². The number of hydrazine groups is 1. The zero-order valence-electron chi connectivity index (χ0n) is 9.09. The molecule has 17 heavy (non-hydrogen) atoms. The normalized spacial score (nSPS) is 9.71. The molecule has 0 bridgehead atoms. The van der Waals surface area contributed by atoms with Gasteiger partial charge in [-0.2, -0.15) is 0 Å². The van der Waals surface area contributed by atoms with E-state index in [0.29, 0.717) is 17.1 Å². The van der Waals surface area contributed by atoms with Crippen molar-refractivity contribution >= 4 is 5.91 Å².